The standard InChI is InChI=1S/C12H14O2/c1-3-8(2)9-4-5-10-7-14-12(13)11(10)6-9/h4-6,8H,3,7H2,1-2H3. The molecule has 0 amide bonds. The van der Waals surface area contributed by atoms with Crippen molar-refractivity contribution in [3.8, 4) is 0 Å². The first-order valence-electron chi connectivity index (χ1n) is 5.02. The fraction of sp³-hybridized carbons (Fsp3) is 0.417. The van der Waals surface area contributed by atoms with E-state index in [0.29, 0.717) is 12.5 Å². The van der Waals surface area contributed by atoms with E-state index in [4.69, 9.17) is 4.74 Å². The molecule has 14 heavy (non-hydrogen) atoms. The Balaban J connectivity index is 2.39. The van der Waals surface area contributed by atoms with Crippen molar-refractivity contribution in [3.63, 3.8) is 0 Å². The first-order valence-corrected chi connectivity index (χ1v) is 5.02. The molecule has 0 aromatic heterocycles. The molecule has 1 aromatic carbocycles. The molecule has 0 saturated heterocycles. The fourth-order valence-corrected chi connectivity index (χ4v) is 1.67. The zero-order valence-electron chi connectivity index (χ0n) is 8.54. The molecule has 0 fully saturated rings. The van der Waals surface area contributed by atoms with Gasteiger partial charge >= 0.3 is 5.97 Å². The zero-order chi connectivity index (χ0) is 10.1. The molecule has 1 aliphatic rings. The Kier molecular flexibility index (Phi) is 2.28. The van der Waals surface area contributed by atoms with Crippen molar-refractivity contribution in [1.82, 2.24) is 0 Å². The highest BCUT2D eigenvalue weighted by Crippen LogP contribution is 2.25. The third-order valence-electron chi connectivity index (χ3n) is 2.89. The maximum atomic E-state index is 11.3. The summed E-state index contributed by atoms with van der Waals surface area (Å²) in [5.74, 6) is 0.332. The van der Waals surface area contributed by atoms with Gasteiger partial charge in [-0.2, -0.15) is 0 Å². The molecule has 0 spiro atoms. The summed E-state index contributed by atoms with van der Waals surface area (Å²) in [6.07, 6.45) is 1.09. The van der Waals surface area contributed by atoms with Crippen molar-refractivity contribution in [3.05, 3.63) is 34.9 Å². The highest BCUT2D eigenvalue weighted by Gasteiger charge is 2.21. The van der Waals surface area contributed by atoms with Gasteiger partial charge in [-0.3, -0.25) is 0 Å². The first-order chi connectivity index (χ1) is 6.72. The number of carbonyl (C=O) groups is 1. The summed E-state index contributed by atoms with van der Waals surface area (Å²) >= 11 is 0. The molecular weight excluding hydrogens is 176 g/mol. The summed E-state index contributed by atoms with van der Waals surface area (Å²) in [7, 11) is 0. The maximum absolute atomic E-state index is 11.3. The van der Waals surface area contributed by atoms with Crippen LogP contribution in [0.15, 0.2) is 18.2 Å². The van der Waals surface area contributed by atoms with E-state index in [9.17, 15) is 4.79 Å². The predicted molar refractivity (Wildman–Crippen MR) is 54.3 cm³/mol. The Bertz CT molecular complexity index is 369. The van der Waals surface area contributed by atoms with Gasteiger partial charge in [-0.25, -0.2) is 4.79 Å². The Hall–Kier alpha value is -1.31. The lowest BCUT2D eigenvalue weighted by molar-refractivity contribution is 0.0535. The van der Waals surface area contributed by atoms with Crippen molar-refractivity contribution in [2.45, 2.75) is 32.8 Å². The van der Waals surface area contributed by atoms with Crippen LogP contribution in [0, 0.1) is 0 Å². The lowest BCUT2D eigenvalue weighted by Gasteiger charge is -2.09. The first kappa shape index (κ1) is 9.25. The van der Waals surface area contributed by atoms with Crippen LogP contribution in [0.4, 0.5) is 0 Å². The van der Waals surface area contributed by atoms with E-state index < -0.39 is 0 Å². The predicted octanol–water partition coefficient (Wildman–Crippen LogP) is 2.87. The lowest BCUT2D eigenvalue weighted by Crippen LogP contribution is -1.97. The van der Waals surface area contributed by atoms with Gasteiger partial charge in [0.05, 0.1) is 5.56 Å². The molecule has 1 aromatic rings. The summed E-state index contributed by atoms with van der Waals surface area (Å²) in [6, 6.07) is 6.06. The summed E-state index contributed by atoms with van der Waals surface area (Å²) in [5, 5.41) is 0. The van der Waals surface area contributed by atoms with Crippen LogP contribution < -0.4 is 0 Å². The molecule has 0 radical (unpaired) electrons. The van der Waals surface area contributed by atoms with Crippen LogP contribution in [-0.4, -0.2) is 5.97 Å². The van der Waals surface area contributed by atoms with Crippen molar-refractivity contribution in [2.24, 2.45) is 0 Å². The number of hydrogen-bond acceptors (Lipinski definition) is 2. The zero-order valence-corrected chi connectivity index (χ0v) is 8.54. The number of fused-ring (bicyclic) bond motifs is 1. The molecule has 1 unspecified atom stereocenters. The monoisotopic (exact) mass is 190 g/mol. The van der Waals surface area contributed by atoms with Gasteiger partial charge < -0.3 is 4.74 Å². The minimum Gasteiger partial charge on any atom is -0.457 e. The Morgan fingerprint density at radius 2 is 2.29 bits per heavy atom. The van der Waals surface area contributed by atoms with Gasteiger partial charge in [-0.05, 0) is 24.0 Å². The third-order valence-corrected chi connectivity index (χ3v) is 2.89. The average molecular weight is 190 g/mol. The molecule has 0 aliphatic carbocycles. The minimum absolute atomic E-state index is 0.176. The van der Waals surface area contributed by atoms with Crippen molar-refractivity contribution < 1.29 is 9.53 Å². The summed E-state index contributed by atoms with van der Waals surface area (Å²) < 4.78 is 4.95. The molecule has 0 bridgehead atoms. The van der Waals surface area contributed by atoms with Crippen LogP contribution in [0.1, 0.15) is 47.7 Å². The number of benzene rings is 1. The Morgan fingerprint density at radius 3 is 3.00 bits per heavy atom. The van der Waals surface area contributed by atoms with Crippen LogP contribution in [0.3, 0.4) is 0 Å². The molecule has 2 rings (SSSR count). The second-order valence-electron chi connectivity index (χ2n) is 3.80. The second kappa shape index (κ2) is 3.45. The third kappa shape index (κ3) is 1.41. The normalized spacial score (nSPS) is 16.3. The van der Waals surface area contributed by atoms with Gasteiger partial charge in [-0.1, -0.05) is 26.0 Å². The van der Waals surface area contributed by atoms with Crippen molar-refractivity contribution in [2.75, 3.05) is 0 Å². The van der Waals surface area contributed by atoms with Gasteiger partial charge in [0, 0.05) is 5.56 Å². The molecule has 2 heteroatoms. The van der Waals surface area contributed by atoms with Crippen molar-refractivity contribution in [1.29, 1.82) is 0 Å². The summed E-state index contributed by atoms with van der Waals surface area (Å²) in [4.78, 5) is 11.3. The van der Waals surface area contributed by atoms with Gasteiger partial charge in [0.25, 0.3) is 0 Å². The summed E-state index contributed by atoms with van der Waals surface area (Å²) in [5.41, 5.74) is 3.00. The molecule has 1 heterocycles. The van der Waals surface area contributed by atoms with Crippen molar-refractivity contribution >= 4 is 5.97 Å². The molecule has 1 atom stereocenters. The van der Waals surface area contributed by atoms with Gasteiger partial charge in [0.15, 0.2) is 0 Å². The van der Waals surface area contributed by atoms with Crippen LogP contribution in [0.25, 0.3) is 0 Å². The smallest absolute Gasteiger partial charge is 0.338 e. The molecule has 74 valence electrons. The summed E-state index contributed by atoms with van der Waals surface area (Å²) in [6.45, 7) is 4.76. The second-order valence-corrected chi connectivity index (χ2v) is 3.80. The van der Waals surface area contributed by atoms with Gasteiger partial charge in [0.1, 0.15) is 6.61 Å². The number of ether oxygens (including phenoxy) is 1. The maximum Gasteiger partial charge on any atom is 0.338 e. The molecule has 0 N–H and O–H groups in total. The minimum atomic E-state index is -0.176. The molecule has 0 saturated carbocycles. The van der Waals surface area contributed by atoms with Crippen LogP contribution in [0.2, 0.25) is 0 Å². The van der Waals surface area contributed by atoms with E-state index in [1.54, 1.807) is 0 Å². The average Bonchev–Trinajstić information content (AvgIpc) is 2.59. The number of hydrogen-bond donors (Lipinski definition) is 0. The van der Waals surface area contributed by atoms with Crippen LogP contribution >= 0.6 is 0 Å². The number of cyclic esters (lactones) is 1. The highest BCUT2D eigenvalue weighted by atomic mass is 16.5. The number of rotatable bonds is 2. The van der Waals surface area contributed by atoms with Gasteiger partial charge in [-0.15, -0.1) is 0 Å². The number of esters is 1. The van der Waals surface area contributed by atoms with E-state index in [1.165, 1.54) is 5.56 Å². The Morgan fingerprint density at radius 1 is 1.50 bits per heavy atom. The molecule has 2 nitrogen and oxygen atoms in total. The largest absolute Gasteiger partial charge is 0.457 e. The number of carbonyl (C=O) groups excluding carboxylic acids is 1. The SMILES string of the molecule is CCC(C)c1ccc2c(c1)C(=O)OC2. The van der Waals surface area contributed by atoms with E-state index in [2.05, 4.69) is 19.9 Å². The fourth-order valence-electron chi connectivity index (χ4n) is 1.67. The molecular formula is C12H14O2. The topological polar surface area (TPSA) is 26.3 Å². The van der Waals surface area contributed by atoms with E-state index in [-0.39, 0.29) is 5.97 Å². The van der Waals surface area contributed by atoms with Crippen LogP contribution in [0.5, 0.6) is 0 Å². The van der Waals surface area contributed by atoms with Gasteiger partial charge in [0.2, 0.25) is 0 Å². The quantitative estimate of drug-likeness (QED) is 0.670. The molecule has 1 aliphatic heterocycles. The highest BCUT2D eigenvalue weighted by molar-refractivity contribution is 5.93. The van der Waals surface area contributed by atoms with Crippen LogP contribution in [-0.2, 0) is 11.3 Å². The van der Waals surface area contributed by atoms with E-state index in [1.807, 2.05) is 12.1 Å². The van der Waals surface area contributed by atoms with E-state index in [0.717, 1.165) is 17.5 Å². The Labute approximate surface area is 83.9 Å². The van der Waals surface area contributed by atoms with E-state index >= 15 is 0 Å². The lowest BCUT2D eigenvalue weighted by atomic mass is 9.95.